The van der Waals surface area contributed by atoms with Gasteiger partial charge in [-0.15, -0.1) is 11.3 Å². The van der Waals surface area contributed by atoms with E-state index in [2.05, 4.69) is 5.32 Å². The molecule has 142 valence electrons. The first-order valence-corrected chi connectivity index (χ1v) is 9.55. The quantitative estimate of drug-likeness (QED) is 0.640. The molecular weight excluding hydrogens is 377 g/mol. The maximum Gasteiger partial charge on any atom is 0.237 e. The second-order valence-electron chi connectivity index (χ2n) is 6.96. The van der Waals surface area contributed by atoms with Crippen molar-refractivity contribution in [1.29, 1.82) is 0 Å². The van der Waals surface area contributed by atoms with E-state index in [0.29, 0.717) is 6.54 Å². The van der Waals surface area contributed by atoms with Crippen LogP contribution in [0.15, 0.2) is 17.5 Å². The number of anilines is 1. The smallest absolute Gasteiger partial charge is 0.237 e. The summed E-state index contributed by atoms with van der Waals surface area (Å²) in [5.41, 5.74) is 1.73. The van der Waals surface area contributed by atoms with Crippen LogP contribution in [0.1, 0.15) is 28.3 Å². The summed E-state index contributed by atoms with van der Waals surface area (Å²) in [7, 11) is 1.62. The summed E-state index contributed by atoms with van der Waals surface area (Å²) in [6.45, 7) is 0.389. The van der Waals surface area contributed by atoms with Crippen molar-refractivity contribution in [3.63, 3.8) is 0 Å². The highest BCUT2D eigenvalue weighted by Gasteiger charge is 2.45. The number of aryl methyl sites for hydroxylation is 1. The van der Waals surface area contributed by atoms with Crippen LogP contribution in [0.25, 0.3) is 0 Å². The molecule has 0 radical (unpaired) electrons. The van der Waals surface area contributed by atoms with E-state index in [1.165, 1.54) is 15.3 Å². The van der Waals surface area contributed by atoms with Crippen LogP contribution in [-0.4, -0.2) is 30.3 Å². The first-order valence-electron chi connectivity index (χ1n) is 8.67. The Labute approximate surface area is 158 Å². The molecule has 1 aromatic heterocycles. The molecule has 2 amide bonds. The molecular formula is C19H17F3N2O2S. The normalized spacial score (nSPS) is 21.6. The van der Waals surface area contributed by atoms with Crippen LogP contribution in [0.2, 0.25) is 0 Å². The van der Waals surface area contributed by atoms with Crippen LogP contribution in [0.3, 0.4) is 0 Å². The lowest BCUT2D eigenvalue weighted by molar-refractivity contribution is -0.135. The zero-order valence-electron chi connectivity index (χ0n) is 14.5. The van der Waals surface area contributed by atoms with E-state index in [-0.39, 0.29) is 11.8 Å². The van der Waals surface area contributed by atoms with Crippen LogP contribution in [0, 0.1) is 23.4 Å². The van der Waals surface area contributed by atoms with Crippen LogP contribution in [-0.2, 0) is 22.4 Å². The Morgan fingerprint density at radius 2 is 2.00 bits per heavy atom. The molecule has 2 aliphatic rings. The number of thiophene rings is 1. The second-order valence-corrected chi connectivity index (χ2v) is 7.93. The van der Waals surface area contributed by atoms with Gasteiger partial charge in [-0.3, -0.25) is 9.59 Å². The van der Waals surface area contributed by atoms with Gasteiger partial charge in [-0.1, -0.05) is 0 Å². The van der Waals surface area contributed by atoms with Crippen LogP contribution >= 0.6 is 11.3 Å². The Hall–Kier alpha value is -2.35. The third-order valence-electron chi connectivity index (χ3n) is 5.33. The fourth-order valence-electron chi connectivity index (χ4n) is 3.97. The summed E-state index contributed by atoms with van der Waals surface area (Å²) in [5, 5.41) is 4.27. The first kappa shape index (κ1) is 18.0. The summed E-state index contributed by atoms with van der Waals surface area (Å²) in [4.78, 5) is 28.1. The number of carbonyl (C=O) groups excluding carboxylic acids is 2. The molecule has 2 atom stereocenters. The van der Waals surface area contributed by atoms with Crippen LogP contribution in [0.4, 0.5) is 18.9 Å². The summed E-state index contributed by atoms with van der Waals surface area (Å²) >= 11 is 1.64. The third-order valence-corrected chi connectivity index (χ3v) is 6.44. The van der Waals surface area contributed by atoms with E-state index in [9.17, 15) is 22.8 Å². The number of likely N-dealkylation sites (tertiary alicyclic amines) is 1. The summed E-state index contributed by atoms with van der Waals surface area (Å²) in [6.07, 6.45) is 2.99. The predicted molar refractivity (Wildman–Crippen MR) is 95.2 cm³/mol. The monoisotopic (exact) mass is 394 g/mol. The SMILES string of the molecule is CN1C[C@H](c2csc3c2CCC3)[C@@H](C(=O)Nc2ccc(F)c(F)c2F)C1=O. The number of benzene rings is 1. The topological polar surface area (TPSA) is 49.4 Å². The number of hydrogen-bond acceptors (Lipinski definition) is 3. The number of nitrogens with one attached hydrogen (secondary N) is 1. The Morgan fingerprint density at radius 3 is 2.78 bits per heavy atom. The van der Waals surface area contributed by atoms with Crippen molar-refractivity contribution >= 4 is 28.8 Å². The number of hydrogen-bond donors (Lipinski definition) is 1. The van der Waals surface area contributed by atoms with Crippen molar-refractivity contribution in [2.75, 3.05) is 18.9 Å². The number of nitrogens with zero attached hydrogens (tertiary/aromatic N) is 1. The lowest BCUT2D eigenvalue weighted by Crippen LogP contribution is -2.33. The highest BCUT2D eigenvalue weighted by atomic mass is 32.1. The maximum atomic E-state index is 13.9. The number of carbonyl (C=O) groups is 2. The van der Waals surface area contributed by atoms with E-state index in [1.807, 2.05) is 5.38 Å². The molecule has 1 aromatic carbocycles. The van der Waals surface area contributed by atoms with Crippen molar-refractivity contribution in [2.24, 2.45) is 5.92 Å². The molecule has 0 unspecified atom stereocenters. The number of rotatable bonds is 3. The van der Waals surface area contributed by atoms with Gasteiger partial charge in [0.25, 0.3) is 0 Å². The summed E-state index contributed by atoms with van der Waals surface area (Å²) < 4.78 is 40.4. The van der Waals surface area contributed by atoms with Gasteiger partial charge in [-0.25, -0.2) is 13.2 Å². The van der Waals surface area contributed by atoms with Crippen molar-refractivity contribution in [1.82, 2.24) is 4.90 Å². The van der Waals surface area contributed by atoms with E-state index in [0.717, 1.165) is 37.0 Å². The standard InChI is InChI=1S/C19H17F3N2O2S/c1-24-7-10(11-8-27-14-4-2-3-9(11)14)15(19(24)26)18(25)23-13-6-5-12(20)16(21)17(13)22/h5-6,8,10,15H,2-4,7H2,1H3,(H,23,25)/t10-,15+/m1/s1. The van der Waals surface area contributed by atoms with E-state index >= 15 is 0 Å². The number of amides is 2. The Kier molecular flexibility index (Phi) is 4.46. The van der Waals surface area contributed by atoms with Gasteiger partial charge in [0, 0.05) is 24.4 Å². The van der Waals surface area contributed by atoms with Gasteiger partial charge in [0.1, 0.15) is 5.92 Å². The van der Waals surface area contributed by atoms with E-state index < -0.39 is 35.0 Å². The fraction of sp³-hybridized carbons (Fsp3) is 0.368. The molecule has 4 rings (SSSR count). The largest absolute Gasteiger partial charge is 0.344 e. The number of halogens is 3. The van der Waals surface area contributed by atoms with Gasteiger partial charge in [0.15, 0.2) is 17.5 Å². The molecule has 1 fully saturated rings. The molecule has 0 saturated carbocycles. The van der Waals surface area contributed by atoms with Gasteiger partial charge >= 0.3 is 0 Å². The zero-order chi connectivity index (χ0) is 19.3. The number of likely N-dealkylation sites (N-methyl/N-ethyl adjacent to an activating group) is 1. The Morgan fingerprint density at radius 1 is 1.22 bits per heavy atom. The molecule has 2 aromatic rings. The molecule has 4 nitrogen and oxygen atoms in total. The molecule has 0 bridgehead atoms. The van der Waals surface area contributed by atoms with Gasteiger partial charge in [-0.05, 0) is 47.9 Å². The van der Waals surface area contributed by atoms with E-state index in [4.69, 9.17) is 0 Å². The fourth-order valence-corrected chi connectivity index (χ4v) is 5.18. The minimum Gasteiger partial charge on any atom is -0.344 e. The minimum atomic E-state index is -1.66. The molecule has 1 aliphatic heterocycles. The van der Waals surface area contributed by atoms with Gasteiger partial charge in [0.2, 0.25) is 11.8 Å². The predicted octanol–water partition coefficient (Wildman–Crippen LogP) is 3.46. The van der Waals surface area contributed by atoms with Crippen LogP contribution in [0.5, 0.6) is 0 Å². The molecule has 8 heteroatoms. The van der Waals surface area contributed by atoms with Gasteiger partial charge < -0.3 is 10.2 Å². The maximum absolute atomic E-state index is 13.9. The zero-order valence-corrected chi connectivity index (χ0v) is 15.3. The summed E-state index contributed by atoms with van der Waals surface area (Å²) in [5.74, 6) is -6.91. The molecule has 27 heavy (non-hydrogen) atoms. The van der Waals surface area contributed by atoms with Crippen molar-refractivity contribution in [3.05, 3.63) is 51.0 Å². The lowest BCUT2D eigenvalue weighted by atomic mass is 9.86. The molecule has 1 N–H and O–H groups in total. The Balaban J connectivity index is 1.64. The lowest BCUT2D eigenvalue weighted by Gasteiger charge is -2.17. The van der Waals surface area contributed by atoms with Gasteiger partial charge in [0.05, 0.1) is 5.69 Å². The van der Waals surface area contributed by atoms with Crippen molar-refractivity contribution < 1.29 is 22.8 Å². The average molecular weight is 394 g/mol. The Bertz CT molecular complexity index is 943. The molecule has 2 heterocycles. The molecule has 1 aliphatic carbocycles. The third kappa shape index (κ3) is 2.92. The van der Waals surface area contributed by atoms with E-state index in [1.54, 1.807) is 18.4 Å². The average Bonchev–Trinajstić information content (AvgIpc) is 3.31. The second kappa shape index (κ2) is 6.67. The van der Waals surface area contributed by atoms with Gasteiger partial charge in [-0.2, -0.15) is 0 Å². The molecule has 0 spiro atoms. The highest BCUT2D eigenvalue weighted by Crippen LogP contribution is 2.41. The number of fused-ring (bicyclic) bond motifs is 1. The highest BCUT2D eigenvalue weighted by molar-refractivity contribution is 7.10. The first-order chi connectivity index (χ1) is 12.9. The minimum absolute atomic E-state index is 0.339. The summed E-state index contributed by atoms with van der Waals surface area (Å²) in [6, 6.07) is 1.69. The van der Waals surface area contributed by atoms with Crippen molar-refractivity contribution in [3.8, 4) is 0 Å². The van der Waals surface area contributed by atoms with Crippen molar-refractivity contribution in [2.45, 2.75) is 25.2 Å². The van der Waals surface area contributed by atoms with Crippen LogP contribution < -0.4 is 5.32 Å². The molecule has 1 saturated heterocycles.